The summed E-state index contributed by atoms with van der Waals surface area (Å²) in [6, 6.07) is 16.3. The first-order valence-corrected chi connectivity index (χ1v) is 7.81. The van der Waals surface area contributed by atoms with Gasteiger partial charge in [-0.25, -0.2) is 0 Å². The monoisotopic (exact) mass is 294 g/mol. The fraction of sp³-hybridized carbons (Fsp3) is 0.316. The van der Waals surface area contributed by atoms with Gasteiger partial charge in [0, 0.05) is 38.3 Å². The van der Waals surface area contributed by atoms with Gasteiger partial charge in [0.2, 0.25) is 0 Å². The van der Waals surface area contributed by atoms with Gasteiger partial charge in [0.15, 0.2) is 0 Å². The number of nitrogens with zero attached hydrogens (tertiary/aromatic N) is 2. The number of likely N-dealkylation sites (N-methyl/N-ethyl adjacent to an activating group) is 1. The molecule has 2 aromatic rings. The van der Waals surface area contributed by atoms with E-state index in [2.05, 4.69) is 35.0 Å². The summed E-state index contributed by atoms with van der Waals surface area (Å²) in [5.41, 5.74) is 4.30. The second-order valence-corrected chi connectivity index (χ2v) is 5.94. The van der Waals surface area contributed by atoms with Gasteiger partial charge in [0.05, 0.1) is 0 Å². The van der Waals surface area contributed by atoms with Gasteiger partial charge >= 0.3 is 0 Å². The summed E-state index contributed by atoms with van der Waals surface area (Å²) in [4.78, 5) is 16.3. The molecule has 0 N–H and O–H groups in total. The fourth-order valence-corrected chi connectivity index (χ4v) is 3.01. The van der Waals surface area contributed by atoms with E-state index in [4.69, 9.17) is 0 Å². The van der Waals surface area contributed by atoms with Crippen LogP contribution in [0.4, 0.5) is 0 Å². The van der Waals surface area contributed by atoms with Crippen molar-refractivity contribution in [3.05, 3.63) is 59.7 Å². The van der Waals surface area contributed by atoms with E-state index in [0.29, 0.717) is 0 Å². The van der Waals surface area contributed by atoms with Gasteiger partial charge in [-0.05, 0) is 23.7 Å². The molecule has 1 aliphatic rings. The van der Waals surface area contributed by atoms with E-state index in [0.717, 1.165) is 50.1 Å². The topological polar surface area (TPSA) is 23.6 Å². The Kier molecular flexibility index (Phi) is 4.66. The largest absolute Gasteiger partial charge is 0.304 e. The van der Waals surface area contributed by atoms with Crippen LogP contribution < -0.4 is 0 Å². The van der Waals surface area contributed by atoms with E-state index in [1.165, 1.54) is 11.1 Å². The Labute approximate surface area is 132 Å². The normalized spacial score (nSPS) is 16.6. The highest BCUT2D eigenvalue weighted by Crippen LogP contribution is 2.27. The number of rotatable bonds is 4. The van der Waals surface area contributed by atoms with Gasteiger partial charge in [-0.3, -0.25) is 9.69 Å². The standard InChI is InChI=1S/C19H22N2O/c1-20-10-12-21(13-11-20)14-19-17(15-22)8-5-9-18(19)16-6-3-2-4-7-16/h2-9,15H,10-14H2,1H3. The number of piperazine rings is 1. The molecule has 0 radical (unpaired) electrons. The Morgan fingerprint density at radius 2 is 1.68 bits per heavy atom. The van der Waals surface area contributed by atoms with Gasteiger partial charge < -0.3 is 4.90 Å². The summed E-state index contributed by atoms with van der Waals surface area (Å²) in [6.45, 7) is 5.12. The molecule has 0 saturated carbocycles. The smallest absolute Gasteiger partial charge is 0.150 e. The molecule has 1 fully saturated rings. The second-order valence-electron chi connectivity index (χ2n) is 5.94. The summed E-state index contributed by atoms with van der Waals surface area (Å²) >= 11 is 0. The van der Waals surface area contributed by atoms with Crippen LogP contribution in [0.3, 0.4) is 0 Å². The maximum Gasteiger partial charge on any atom is 0.150 e. The van der Waals surface area contributed by atoms with Crippen LogP contribution >= 0.6 is 0 Å². The fourth-order valence-electron chi connectivity index (χ4n) is 3.01. The van der Waals surface area contributed by atoms with Gasteiger partial charge in [0.1, 0.15) is 6.29 Å². The summed E-state index contributed by atoms with van der Waals surface area (Å²) in [7, 11) is 2.16. The quantitative estimate of drug-likeness (QED) is 0.810. The molecule has 0 spiro atoms. The average molecular weight is 294 g/mol. The summed E-state index contributed by atoms with van der Waals surface area (Å²) in [5, 5.41) is 0. The highest BCUT2D eigenvalue weighted by Gasteiger charge is 2.17. The minimum absolute atomic E-state index is 0.806. The van der Waals surface area contributed by atoms with Crippen molar-refractivity contribution in [2.75, 3.05) is 33.2 Å². The van der Waals surface area contributed by atoms with Crippen molar-refractivity contribution >= 4 is 6.29 Å². The Morgan fingerprint density at radius 3 is 2.36 bits per heavy atom. The summed E-state index contributed by atoms with van der Waals surface area (Å²) in [6.07, 6.45) is 0.984. The Hall–Kier alpha value is -1.97. The van der Waals surface area contributed by atoms with Crippen LogP contribution in [0.2, 0.25) is 0 Å². The molecule has 0 aliphatic carbocycles. The predicted octanol–water partition coefficient (Wildman–Crippen LogP) is 2.91. The van der Waals surface area contributed by atoms with Gasteiger partial charge in [-0.15, -0.1) is 0 Å². The minimum atomic E-state index is 0.806. The van der Waals surface area contributed by atoms with E-state index in [1.54, 1.807) is 0 Å². The third kappa shape index (κ3) is 3.26. The van der Waals surface area contributed by atoms with Crippen LogP contribution in [-0.2, 0) is 6.54 Å². The number of benzene rings is 2. The zero-order valence-electron chi connectivity index (χ0n) is 13.0. The summed E-state index contributed by atoms with van der Waals surface area (Å²) in [5.74, 6) is 0. The van der Waals surface area contributed by atoms with Crippen molar-refractivity contribution in [1.82, 2.24) is 9.80 Å². The van der Waals surface area contributed by atoms with E-state index in [-0.39, 0.29) is 0 Å². The van der Waals surface area contributed by atoms with Crippen LogP contribution in [0.5, 0.6) is 0 Å². The number of carbonyl (C=O) groups is 1. The minimum Gasteiger partial charge on any atom is -0.304 e. The first-order chi connectivity index (χ1) is 10.8. The van der Waals surface area contributed by atoms with E-state index in [1.807, 2.05) is 30.3 Å². The molecule has 114 valence electrons. The molecule has 0 aromatic heterocycles. The van der Waals surface area contributed by atoms with Crippen molar-refractivity contribution in [3.8, 4) is 11.1 Å². The molecule has 22 heavy (non-hydrogen) atoms. The Morgan fingerprint density at radius 1 is 0.955 bits per heavy atom. The van der Waals surface area contributed by atoms with Crippen molar-refractivity contribution in [2.24, 2.45) is 0 Å². The first kappa shape index (κ1) is 14.9. The predicted molar refractivity (Wildman–Crippen MR) is 90.0 cm³/mol. The van der Waals surface area contributed by atoms with Crippen molar-refractivity contribution in [3.63, 3.8) is 0 Å². The van der Waals surface area contributed by atoms with Crippen LogP contribution in [0.25, 0.3) is 11.1 Å². The Balaban J connectivity index is 1.93. The Bertz CT molecular complexity index is 631. The lowest BCUT2D eigenvalue weighted by Crippen LogP contribution is -2.44. The highest BCUT2D eigenvalue weighted by atomic mass is 16.1. The summed E-state index contributed by atoms with van der Waals surface area (Å²) < 4.78 is 0. The molecule has 3 rings (SSSR count). The van der Waals surface area contributed by atoms with Gasteiger partial charge in [-0.2, -0.15) is 0 Å². The molecular formula is C19H22N2O. The third-order valence-corrected chi connectivity index (χ3v) is 4.40. The molecule has 2 aromatic carbocycles. The molecular weight excluding hydrogens is 272 g/mol. The van der Waals surface area contributed by atoms with Crippen LogP contribution in [0.15, 0.2) is 48.5 Å². The maximum atomic E-state index is 11.5. The zero-order chi connectivity index (χ0) is 15.4. The molecule has 0 bridgehead atoms. The highest BCUT2D eigenvalue weighted by molar-refractivity contribution is 5.83. The molecule has 3 heteroatoms. The third-order valence-electron chi connectivity index (χ3n) is 4.40. The van der Waals surface area contributed by atoms with Crippen LogP contribution in [0, 0.1) is 0 Å². The molecule has 0 unspecified atom stereocenters. The van der Waals surface area contributed by atoms with Crippen molar-refractivity contribution in [1.29, 1.82) is 0 Å². The van der Waals surface area contributed by atoms with Gasteiger partial charge in [-0.1, -0.05) is 48.5 Å². The molecule has 1 saturated heterocycles. The lowest BCUT2D eigenvalue weighted by atomic mass is 9.95. The van der Waals surface area contributed by atoms with E-state index >= 15 is 0 Å². The number of carbonyl (C=O) groups excluding carboxylic acids is 1. The molecule has 0 atom stereocenters. The molecule has 0 amide bonds. The lowest BCUT2D eigenvalue weighted by Gasteiger charge is -2.33. The number of hydrogen-bond acceptors (Lipinski definition) is 3. The SMILES string of the molecule is CN1CCN(Cc2c(C=O)cccc2-c2ccccc2)CC1. The zero-order valence-corrected chi connectivity index (χ0v) is 13.0. The van der Waals surface area contributed by atoms with Crippen LogP contribution in [0.1, 0.15) is 15.9 Å². The average Bonchev–Trinajstić information content (AvgIpc) is 2.58. The number of hydrogen-bond donors (Lipinski definition) is 0. The number of aldehydes is 1. The molecule has 3 nitrogen and oxygen atoms in total. The van der Waals surface area contributed by atoms with E-state index < -0.39 is 0 Å². The second kappa shape index (κ2) is 6.86. The maximum absolute atomic E-state index is 11.5. The van der Waals surface area contributed by atoms with E-state index in [9.17, 15) is 4.79 Å². The molecule has 1 heterocycles. The first-order valence-electron chi connectivity index (χ1n) is 7.81. The van der Waals surface area contributed by atoms with Crippen molar-refractivity contribution in [2.45, 2.75) is 6.54 Å². The molecule has 1 aliphatic heterocycles. The van der Waals surface area contributed by atoms with Crippen LogP contribution in [-0.4, -0.2) is 49.3 Å². The van der Waals surface area contributed by atoms with Gasteiger partial charge in [0.25, 0.3) is 0 Å². The van der Waals surface area contributed by atoms with Crippen molar-refractivity contribution < 1.29 is 4.79 Å². The lowest BCUT2D eigenvalue weighted by molar-refractivity contribution is 0.111.